The van der Waals surface area contributed by atoms with Gasteiger partial charge in [-0.15, -0.1) is 0 Å². The van der Waals surface area contributed by atoms with Crippen LogP contribution in [0.5, 0.6) is 0 Å². The fraction of sp³-hybridized carbons (Fsp3) is 0.625. The van der Waals surface area contributed by atoms with Crippen molar-refractivity contribution in [2.24, 2.45) is 5.92 Å². The van der Waals surface area contributed by atoms with E-state index in [-0.39, 0.29) is 0 Å². The molecule has 3 saturated heterocycles. The average molecular weight is 321 g/mol. The highest BCUT2D eigenvalue weighted by molar-refractivity contribution is 9.10. The smallest absolute Gasteiger partial charge is 0.0329 e. The largest absolute Gasteiger partial charge is 0.306 e. The predicted octanol–water partition coefficient (Wildman–Crippen LogP) is 3.12. The van der Waals surface area contributed by atoms with E-state index < -0.39 is 0 Å². The number of hydrogen-bond donors (Lipinski definition) is 1. The fourth-order valence-corrected chi connectivity index (χ4v) is 4.77. The second-order valence-corrected chi connectivity index (χ2v) is 7.16. The molecule has 1 aliphatic carbocycles. The zero-order chi connectivity index (χ0) is 12.8. The normalized spacial score (nSPS) is 36.5. The van der Waals surface area contributed by atoms with Gasteiger partial charge >= 0.3 is 0 Å². The Hall–Kier alpha value is -0.380. The number of nitrogens with zero attached hydrogens (tertiary/aromatic N) is 1. The molecule has 2 unspecified atom stereocenters. The van der Waals surface area contributed by atoms with E-state index >= 15 is 0 Å². The average Bonchev–Trinajstić information content (AvgIpc) is 2.85. The van der Waals surface area contributed by atoms with Gasteiger partial charge in [0.25, 0.3) is 0 Å². The van der Waals surface area contributed by atoms with E-state index in [0.29, 0.717) is 6.04 Å². The van der Waals surface area contributed by atoms with E-state index in [4.69, 9.17) is 0 Å². The molecule has 0 saturated carbocycles. The molecule has 102 valence electrons. The third kappa shape index (κ3) is 2.16. The van der Waals surface area contributed by atoms with Crippen molar-refractivity contribution in [2.75, 3.05) is 19.6 Å². The van der Waals surface area contributed by atoms with Crippen LogP contribution in [0, 0.1) is 5.92 Å². The lowest BCUT2D eigenvalue weighted by molar-refractivity contribution is 0.0670. The van der Waals surface area contributed by atoms with E-state index in [1.807, 2.05) is 0 Å². The van der Waals surface area contributed by atoms with Gasteiger partial charge in [-0.2, -0.15) is 0 Å². The first-order chi connectivity index (χ1) is 9.31. The van der Waals surface area contributed by atoms with Crippen LogP contribution in [-0.4, -0.2) is 30.6 Å². The summed E-state index contributed by atoms with van der Waals surface area (Å²) in [5, 5.41) is 3.97. The quantitative estimate of drug-likeness (QED) is 0.900. The summed E-state index contributed by atoms with van der Waals surface area (Å²) in [4.78, 5) is 2.63. The van der Waals surface area contributed by atoms with Crippen molar-refractivity contribution in [1.29, 1.82) is 0 Å². The molecule has 0 aromatic heterocycles. The number of hydrogen-bond acceptors (Lipinski definition) is 2. The molecule has 3 heterocycles. The molecular weight excluding hydrogens is 300 g/mol. The van der Waals surface area contributed by atoms with Crippen LogP contribution in [0.15, 0.2) is 22.7 Å². The number of rotatable bonds is 2. The van der Waals surface area contributed by atoms with Crippen LogP contribution in [0.25, 0.3) is 0 Å². The van der Waals surface area contributed by atoms with Gasteiger partial charge in [-0.05, 0) is 61.9 Å². The molecule has 1 N–H and O–H groups in total. The third-order valence-corrected chi connectivity index (χ3v) is 6.03. The van der Waals surface area contributed by atoms with Crippen LogP contribution in [0.4, 0.5) is 0 Å². The van der Waals surface area contributed by atoms with Gasteiger partial charge in [-0.25, -0.2) is 0 Å². The van der Waals surface area contributed by atoms with Gasteiger partial charge in [0.05, 0.1) is 0 Å². The van der Waals surface area contributed by atoms with Gasteiger partial charge in [0.2, 0.25) is 0 Å². The fourth-order valence-electron chi connectivity index (χ4n) is 4.20. The number of nitrogens with one attached hydrogen (secondary N) is 1. The zero-order valence-electron chi connectivity index (χ0n) is 11.2. The monoisotopic (exact) mass is 320 g/mol. The van der Waals surface area contributed by atoms with E-state index in [1.54, 1.807) is 0 Å². The van der Waals surface area contributed by atoms with Crippen molar-refractivity contribution >= 4 is 15.9 Å². The first-order valence-electron chi connectivity index (χ1n) is 7.57. The minimum absolute atomic E-state index is 0.582. The van der Waals surface area contributed by atoms with Gasteiger partial charge in [-0.3, -0.25) is 0 Å². The molecule has 1 aromatic carbocycles. The van der Waals surface area contributed by atoms with E-state index in [0.717, 1.165) is 12.0 Å². The molecule has 0 amide bonds. The highest BCUT2D eigenvalue weighted by atomic mass is 79.9. The van der Waals surface area contributed by atoms with Crippen LogP contribution < -0.4 is 5.32 Å². The molecule has 2 nitrogen and oxygen atoms in total. The highest BCUT2D eigenvalue weighted by Crippen LogP contribution is 2.37. The molecule has 1 aromatic rings. The maximum absolute atomic E-state index is 3.97. The Balaban J connectivity index is 1.52. The van der Waals surface area contributed by atoms with Gasteiger partial charge < -0.3 is 10.2 Å². The van der Waals surface area contributed by atoms with Gasteiger partial charge in [0, 0.05) is 23.1 Å². The van der Waals surface area contributed by atoms with Crippen molar-refractivity contribution < 1.29 is 0 Å². The third-order valence-electron chi connectivity index (χ3n) is 5.28. The molecule has 3 aliphatic heterocycles. The predicted molar refractivity (Wildman–Crippen MR) is 81.3 cm³/mol. The van der Waals surface area contributed by atoms with Gasteiger partial charge in [0.1, 0.15) is 0 Å². The van der Waals surface area contributed by atoms with Crippen LogP contribution >= 0.6 is 15.9 Å². The van der Waals surface area contributed by atoms with E-state index in [1.165, 1.54) is 60.9 Å². The molecular formula is C16H21BrN2. The number of halogens is 1. The Morgan fingerprint density at radius 1 is 1.16 bits per heavy atom. The summed E-state index contributed by atoms with van der Waals surface area (Å²) in [6, 6.07) is 7.97. The molecule has 0 spiro atoms. The molecule has 3 fully saturated rings. The maximum atomic E-state index is 3.97. The van der Waals surface area contributed by atoms with E-state index in [2.05, 4.69) is 44.3 Å². The lowest BCUT2D eigenvalue weighted by Crippen LogP contribution is -2.56. The van der Waals surface area contributed by atoms with Crippen LogP contribution in [0.1, 0.15) is 36.4 Å². The Morgan fingerprint density at radius 2 is 2.00 bits per heavy atom. The Bertz CT molecular complexity index is 480. The summed E-state index contributed by atoms with van der Waals surface area (Å²) < 4.78 is 1.29. The Labute approximate surface area is 123 Å². The SMILES string of the molecule is Brc1cccc2c1CCC2NC1CN2CCC1CC2. The first kappa shape index (κ1) is 12.4. The van der Waals surface area contributed by atoms with Gasteiger partial charge in [0.15, 0.2) is 0 Å². The molecule has 2 atom stereocenters. The lowest BCUT2D eigenvalue weighted by Gasteiger charge is -2.46. The molecule has 0 radical (unpaired) electrons. The standard InChI is InChI=1S/C16H21BrN2/c17-14-3-1-2-13-12(14)4-5-15(13)18-16-10-19-8-6-11(16)7-9-19/h1-3,11,15-16,18H,4-10H2. The minimum atomic E-state index is 0.582. The van der Waals surface area contributed by atoms with Crippen molar-refractivity contribution in [3.63, 3.8) is 0 Å². The molecule has 2 bridgehead atoms. The van der Waals surface area contributed by atoms with Gasteiger partial charge in [-0.1, -0.05) is 28.1 Å². The van der Waals surface area contributed by atoms with E-state index in [9.17, 15) is 0 Å². The van der Waals surface area contributed by atoms with Crippen LogP contribution in [0.2, 0.25) is 0 Å². The van der Waals surface area contributed by atoms with Crippen LogP contribution in [0.3, 0.4) is 0 Å². The Kier molecular flexibility index (Phi) is 3.17. The second-order valence-electron chi connectivity index (χ2n) is 6.31. The second kappa shape index (κ2) is 4.87. The number of piperidine rings is 3. The minimum Gasteiger partial charge on any atom is -0.306 e. The molecule has 3 heteroatoms. The lowest BCUT2D eigenvalue weighted by atomic mass is 9.83. The molecule has 5 rings (SSSR count). The number of fused-ring (bicyclic) bond motifs is 4. The Morgan fingerprint density at radius 3 is 2.74 bits per heavy atom. The summed E-state index contributed by atoms with van der Waals surface area (Å²) in [5.41, 5.74) is 3.06. The van der Waals surface area contributed by atoms with Crippen molar-refractivity contribution in [3.05, 3.63) is 33.8 Å². The summed E-state index contributed by atoms with van der Waals surface area (Å²) in [7, 11) is 0. The zero-order valence-corrected chi connectivity index (χ0v) is 12.8. The summed E-state index contributed by atoms with van der Waals surface area (Å²) in [5.74, 6) is 0.918. The summed E-state index contributed by atoms with van der Waals surface area (Å²) >= 11 is 3.70. The number of benzene rings is 1. The molecule has 4 aliphatic rings. The van der Waals surface area contributed by atoms with Crippen LogP contribution in [-0.2, 0) is 6.42 Å². The van der Waals surface area contributed by atoms with Crippen molar-refractivity contribution in [2.45, 2.75) is 37.8 Å². The first-order valence-corrected chi connectivity index (χ1v) is 8.36. The molecule has 19 heavy (non-hydrogen) atoms. The summed E-state index contributed by atoms with van der Waals surface area (Å²) in [6.45, 7) is 3.93. The topological polar surface area (TPSA) is 15.3 Å². The van der Waals surface area contributed by atoms with Crippen molar-refractivity contribution in [1.82, 2.24) is 10.2 Å². The van der Waals surface area contributed by atoms with Crippen molar-refractivity contribution in [3.8, 4) is 0 Å². The summed E-state index contributed by atoms with van der Waals surface area (Å²) in [6.07, 6.45) is 5.28. The highest BCUT2D eigenvalue weighted by Gasteiger charge is 2.36. The maximum Gasteiger partial charge on any atom is 0.0329 e.